The Morgan fingerprint density at radius 3 is 3.08 bits per heavy atom. The maximum Gasteiger partial charge on any atom is 0.0434 e. The third kappa shape index (κ3) is 3.31. The molecule has 0 unspecified atom stereocenters. The SMILES string of the molecule is C[C@H]1CN(C/C(Cl)=C/Cl)CCN1. The molecule has 1 saturated heterocycles. The number of halogens is 2. The van der Waals surface area contributed by atoms with E-state index in [0.29, 0.717) is 11.1 Å². The van der Waals surface area contributed by atoms with Crippen molar-refractivity contribution in [1.82, 2.24) is 10.2 Å². The number of piperazine rings is 1. The highest BCUT2D eigenvalue weighted by molar-refractivity contribution is 6.36. The van der Waals surface area contributed by atoms with Crippen molar-refractivity contribution in [2.45, 2.75) is 13.0 Å². The molecule has 1 fully saturated rings. The van der Waals surface area contributed by atoms with Crippen LogP contribution in [0.3, 0.4) is 0 Å². The minimum Gasteiger partial charge on any atom is -0.312 e. The summed E-state index contributed by atoms with van der Waals surface area (Å²) in [4.78, 5) is 2.29. The van der Waals surface area contributed by atoms with E-state index in [1.165, 1.54) is 5.54 Å². The lowest BCUT2D eigenvalue weighted by molar-refractivity contribution is 0.225. The normalized spacial score (nSPS) is 27.6. The van der Waals surface area contributed by atoms with E-state index in [1.807, 2.05) is 0 Å². The van der Waals surface area contributed by atoms with Crippen LogP contribution >= 0.6 is 23.2 Å². The van der Waals surface area contributed by atoms with Crippen LogP contribution in [0.4, 0.5) is 0 Å². The molecule has 1 aliphatic rings. The van der Waals surface area contributed by atoms with Crippen LogP contribution in [0, 0.1) is 0 Å². The highest BCUT2D eigenvalue weighted by atomic mass is 35.5. The molecule has 1 rings (SSSR count). The molecular formula is C8H14Cl2N2. The topological polar surface area (TPSA) is 15.3 Å². The van der Waals surface area contributed by atoms with E-state index in [4.69, 9.17) is 23.2 Å². The van der Waals surface area contributed by atoms with Crippen LogP contribution in [0.15, 0.2) is 10.6 Å². The van der Waals surface area contributed by atoms with Crippen molar-refractivity contribution < 1.29 is 0 Å². The van der Waals surface area contributed by atoms with Crippen molar-refractivity contribution in [1.29, 1.82) is 0 Å². The Hall–Kier alpha value is 0.240. The highest BCUT2D eigenvalue weighted by Crippen LogP contribution is 2.08. The smallest absolute Gasteiger partial charge is 0.0434 e. The average molecular weight is 209 g/mol. The molecule has 0 spiro atoms. The highest BCUT2D eigenvalue weighted by Gasteiger charge is 2.15. The van der Waals surface area contributed by atoms with Gasteiger partial charge in [-0.05, 0) is 6.92 Å². The molecule has 0 saturated carbocycles. The number of hydrogen-bond acceptors (Lipinski definition) is 2. The van der Waals surface area contributed by atoms with Gasteiger partial charge >= 0.3 is 0 Å². The van der Waals surface area contributed by atoms with E-state index < -0.39 is 0 Å². The average Bonchev–Trinajstić information content (AvgIpc) is 2.04. The summed E-state index contributed by atoms with van der Waals surface area (Å²) in [5.41, 5.74) is 1.44. The molecule has 70 valence electrons. The fourth-order valence-corrected chi connectivity index (χ4v) is 1.64. The molecule has 0 aliphatic carbocycles. The van der Waals surface area contributed by atoms with Gasteiger partial charge in [-0.3, -0.25) is 4.90 Å². The van der Waals surface area contributed by atoms with Crippen LogP contribution in [0.2, 0.25) is 0 Å². The van der Waals surface area contributed by atoms with Gasteiger partial charge in [-0.2, -0.15) is 0 Å². The Labute approximate surface area is 83.5 Å². The van der Waals surface area contributed by atoms with Gasteiger partial charge in [0, 0.05) is 42.8 Å². The molecule has 1 N–H and O–H groups in total. The monoisotopic (exact) mass is 208 g/mol. The van der Waals surface area contributed by atoms with E-state index >= 15 is 0 Å². The first-order valence-corrected chi connectivity index (χ1v) is 4.94. The summed E-state index contributed by atoms with van der Waals surface area (Å²) in [6.07, 6.45) is 0. The third-order valence-corrected chi connectivity index (χ3v) is 2.55. The maximum atomic E-state index is 5.81. The van der Waals surface area contributed by atoms with Crippen LogP contribution in [-0.4, -0.2) is 37.1 Å². The molecule has 12 heavy (non-hydrogen) atoms. The van der Waals surface area contributed by atoms with Gasteiger partial charge in [-0.25, -0.2) is 0 Å². The van der Waals surface area contributed by atoms with Crippen molar-refractivity contribution >= 4 is 23.2 Å². The van der Waals surface area contributed by atoms with Crippen LogP contribution in [0.1, 0.15) is 6.92 Å². The second-order valence-electron chi connectivity index (χ2n) is 3.15. The summed E-state index contributed by atoms with van der Waals surface area (Å²) in [6.45, 7) is 6.07. The maximum absolute atomic E-state index is 5.81. The molecular weight excluding hydrogens is 195 g/mol. The molecule has 0 aromatic heterocycles. The van der Waals surface area contributed by atoms with Gasteiger partial charge < -0.3 is 5.32 Å². The summed E-state index contributed by atoms with van der Waals surface area (Å²) in [5.74, 6) is 0. The zero-order valence-electron chi connectivity index (χ0n) is 7.19. The second-order valence-corrected chi connectivity index (χ2v) is 3.85. The van der Waals surface area contributed by atoms with Gasteiger partial charge in [0.1, 0.15) is 0 Å². The summed E-state index contributed by atoms with van der Waals surface area (Å²) >= 11 is 11.3. The lowest BCUT2D eigenvalue weighted by Crippen LogP contribution is -2.49. The van der Waals surface area contributed by atoms with Crippen LogP contribution in [-0.2, 0) is 0 Å². The first-order valence-electron chi connectivity index (χ1n) is 4.13. The lowest BCUT2D eigenvalue weighted by atomic mass is 10.2. The first-order chi connectivity index (χ1) is 5.72. The number of rotatable bonds is 2. The summed E-state index contributed by atoms with van der Waals surface area (Å²) < 4.78 is 0. The number of nitrogens with zero attached hydrogens (tertiary/aromatic N) is 1. The summed E-state index contributed by atoms with van der Waals surface area (Å²) in [5, 5.41) is 4.08. The van der Waals surface area contributed by atoms with E-state index in [-0.39, 0.29) is 0 Å². The van der Waals surface area contributed by atoms with Gasteiger partial charge in [0.25, 0.3) is 0 Å². The van der Waals surface area contributed by atoms with Gasteiger partial charge in [0.15, 0.2) is 0 Å². The Bertz CT molecular complexity index is 170. The molecule has 0 amide bonds. The zero-order valence-corrected chi connectivity index (χ0v) is 8.70. The quantitative estimate of drug-likeness (QED) is 0.743. The summed E-state index contributed by atoms with van der Waals surface area (Å²) in [6, 6.07) is 0.554. The number of hydrogen-bond donors (Lipinski definition) is 1. The minimum absolute atomic E-state index is 0.554. The van der Waals surface area contributed by atoms with Crippen molar-refractivity contribution in [2.24, 2.45) is 0 Å². The second kappa shape index (κ2) is 5.07. The molecule has 0 radical (unpaired) electrons. The Balaban J connectivity index is 2.32. The van der Waals surface area contributed by atoms with E-state index in [2.05, 4.69) is 17.1 Å². The van der Waals surface area contributed by atoms with Crippen LogP contribution < -0.4 is 5.32 Å². The number of nitrogens with one attached hydrogen (secondary N) is 1. The van der Waals surface area contributed by atoms with Gasteiger partial charge in [-0.15, -0.1) is 0 Å². The molecule has 1 aliphatic heterocycles. The van der Waals surface area contributed by atoms with E-state index in [0.717, 1.165) is 26.2 Å². The predicted octanol–water partition coefficient (Wildman–Crippen LogP) is 1.60. The molecule has 1 atom stereocenters. The standard InChI is InChI=1S/C8H14Cl2N2/c1-7-5-12(3-2-11-7)6-8(10)4-9/h4,7,11H,2-3,5-6H2,1H3/b8-4-/t7-/m0/s1. The van der Waals surface area contributed by atoms with Crippen molar-refractivity contribution in [3.8, 4) is 0 Å². The van der Waals surface area contributed by atoms with Crippen molar-refractivity contribution in [3.05, 3.63) is 10.6 Å². The molecule has 0 aromatic rings. The van der Waals surface area contributed by atoms with Gasteiger partial charge in [-0.1, -0.05) is 23.2 Å². The fraction of sp³-hybridized carbons (Fsp3) is 0.750. The van der Waals surface area contributed by atoms with Crippen molar-refractivity contribution in [2.75, 3.05) is 26.2 Å². The predicted molar refractivity (Wildman–Crippen MR) is 53.7 cm³/mol. The molecule has 0 aromatic carbocycles. The minimum atomic E-state index is 0.554. The zero-order chi connectivity index (χ0) is 8.97. The lowest BCUT2D eigenvalue weighted by Gasteiger charge is -2.31. The molecule has 1 heterocycles. The van der Waals surface area contributed by atoms with Gasteiger partial charge in [0.2, 0.25) is 0 Å². The van der Waals surface area contributed by atoms with Crippen LogP contribution in [0.25, 0.3) is 0 Å². The largest absolute Gasteiger partial charge is 0.312 e. The van der Waals surface area contributed by atoms with E-state index in [1.54, 1.807) is 0 Å². The Kier molecular flexibility index (Phi) is 4.36. The van der Waals surface area contributed by atoms with Crippen LogP contribution in [0.5, 0.6) is 0 Å². The molecule has 4 heteroatoms. The molecule has 2 nitrogen and oxygen atoms in total. The van der Waals surface area contributed by atoms with Crippen molar-refractivity contribution in [3.63, 3.8) is 0 Å². The summed E-state index contributed by atoms with van der Waals surface area (Å²) in [7, 11) is 0. The fourth-order valence-electron chi connectivity index (χ4n) is 1.40. The van der Waals surface area contributed by atoms with E-state index in [9.17, 15) is 0 Å². The first kappa shape index (κ1) is 10.3. The van der Waals surface area contributed by atoms with Gasteiger partial charge in [0.05, 0.1) is 0 Å². The Morgan fingerprint density at radius 1 is 1.75 bits per heavy atom. The Morgan fingerprint density at radius 2 is 2.50 bits per heavy atom. The third-order valence-electron chi connectivity index (χ3n) is 1.95. The molecule has 0 bridgehead atoms.